The average Bonchev–Trinajstić information content (AvgIpc) is 3.06. The van der Waals surface area contributed by atoms with Gasteiger partial charge < -0.3 is 14.2 Å². The molecular weight excluding hydrogens is 310 g/mol. The second-order valence-electron chi connectivity index (χ2n) is 5.17. The summed E-state index contributed by atoms with van der Waals surface area (Å²) < 4.78 is 16.5. The van der Waals surface area contributed by atoms with Crippen LogP contribution in [0.1, 0.15) is 44.6 Å². The number of nitrogens with one attached hydrogen (secondary N) is 1. The van der Waals surface area contributed by atoms with Crippen molar-refractivity contribution in [2.24, 2.45) is 0 Å². The van der Waals surface area contributed by atoms with Gasteiger partial charge in [-0.1, -0.05) is 6.92 Å². The lowest BCUT2D eigenvalue weighted by atomic mass is 10.1. The molecule has 0 aliphatic heterocycles. The highest BCUT2D eigenvalue weighted by Crippen LogP contribution is 2.34. The minimum Gasteiger partial charge on any atom is -0.490 e. The number of hydrogen-bond donors (Lipinski definition) is 1. The van der Waals surface area contributed by atoms with E-state index < -0.39 is 5.97 Å². The molecule has 1 aromatic carbocycles. The molecule has 0 aliphatic rings. The van der Waals surface area contributed by atoms with Crippen molar-refractivity contribution in [3.05, 3.63) is 23.9 Å². The van der Waals surface area contributed by atoms with Crippen LogP contribution < -0.4 is 9.47 Å². The molecule has 0 saturated carbocycles. The van der Waals surface area contributed by atoms with Crippen molar-refractivity contribution in [2.45, 2.75) is 40.2 Å². The van der Waals surface area contributed by atoms with Crippen LogP contribution in [0.5, 0.6) is 11.5 Å². The van der Waals surface area contributed by atoms with Crippen molar-refractivity contribution in [3.8, 4) is 22.8 Å². The van der Waals surface area contributed by atoms with E-state index in [0.29, 0.717) is 29.4 Å². The number of carbonyl (C=O) groups is 1. The van der Waals surface area contributed by atoms with E-state index >= 15 is 0 Å². The number of aromatic amines is 1. The molecule has 1 heterocycles. The SMILES string of the molecule is CCOC(=O)c1n[nH]nc1-c1ccc(OC(C)CC)c(OCC)c1. The van der Waals surface area contributed by atoms with Gasteiger partial charge in [0.2, 0.25) is 0 Å². The predicted octanol–water partition coefficient (Wildman–Crippen LogP) is 3.22. The highest BCUT2D eigenvalue weighted by Gasteiger charge is 2.20. The maximum Gasteiger partial charge on any atom is 0.361 e. The number of H-pyrrole nitrogens is 1. The number of rotatable bonds is 8. The van der Waals surface area contributed by atoms with Gasteiger partial charge in [-0.2, -0.15) is 10.3 Å². The summed E-state index contributed by atoms with van der Waals surface area (Å²) in [4.78, 5) is 12.0. The van der Waals surface area contributed by atoms with Crippen molar-refractivity contribution in [2.75, 3.05) is 13.2 Å². The monoisotopic (exact) mass is 333 g/mol. The molecule has 0 saturated heterocycles. The van der Waals surface area contributed by atoms with Crippen LogP contribution in [-0.4, -0.2) is 40.7 Å². The number of nitrogens with zero attached hydrogens (tertiary/aromatic N) is 2. The first-order chi connectivity index (χ1) is 11.6. The Kier molecular flexibility index (Phi) is 6.17. The summed E-state index contributed by atoms with van der Waals surface area (Å²) in [6, 6.07) is 5.43. The van der Waals surface area contributed by atoms with Crippen LogP contribution in [0.3, 0.4) is 0 Å². The molecular formula is C17H23N3O4. The van der Waals surface area contributed by atoms with Crippen molar-refractivity contribution in [3.63, 3.8) is 0 Å². The summed E-state index contributed by atoms with van der Waals surface area (Å²) in [7, 11) is 0. The molecule has 0 bridgehead atoms. The Morgan fingerprint density at radius 2 is 1.96 bits per heavy atom. The van der Waals surface area contributed by atoms with E-state index in [0.717, 1.165) is 6.42 Å². The predicted molar refractivity (Wildman–Crippen MR) is 89.3 cm³/mol. The van der Waals surface area contributed by atoms with Gasteiger partial charge in [-0.25, -0.2) is 4.79 Å². The molecule has 130 valence electrons. The smallest absolute Gasteiger partial charge is 0.361 e. The molecule has 24 heavy (non-hydrogen) atoms. The number of benzene rings is 1. The second-order valence-corrected chi connectivity index (χ2v) is 5.17. The first-order valence-corrected chi connectivity index (χ1v) is 8.12. The largest absolute Gasteiger partial charge is 0.490 e. The minimum atomic E-state index is -0.515. The highest BCUT2D eigenvalue weighted by molar-refractivity contribution is 5.94. The maximum atomic E-state index is 12.0. The molecule has 1 N–H and O–H groups in total. The van der Waals surface area contributed by atoms with Crippen molar-refractivity contribution < 1.29 is 19.0 Å². The molecule has 1 atom stereocenters. The second kappa shape index (κ2) is 8.33. The molecule has 1 aromatic heterocycles. The van der Waals surface area contributed by atoms with Crippen LogP contribution in [0.25, 0.3) is 11.3 Å². The maximum absolute atomic E-state index is 12.0. The molecule has 2 rings (SSSR count). The van der Waals surface area contributed by atoms with Crippen molar-refractivity contribution >= 4 is 5.97 Å². The number of carbonyl (C=O) groups excluding carboxylic acids is 1. The fourth-order valence-corrected chi connectivity index (χ4v) is 2.10. The lowest BCUT2D eigenvalue weighted by molar-refractivity contribution is 0.0520. The molecule has 0 spiro atoms. The van der Waals surface area contributed by atoms with Gasteiger partial charge in [0.15, 0.2) is 17.2 Å². The topological polar surface area (TPSA) is 86.3 Å². The summed E-state index contributed by atoms with van der Waals surface area (Å²) in [6.45, 7) is 8.48. The Bertz CT molecular complexity index is 684. The first-order valence-electron chi connectivity index (χ1n) is 8.12. The fraction of sp³-hybridized carbons (Fsp3) is 0.471. The standard InChI is InChI=1S/C17H23N3O4/c1-5-11(4)24-13-9-8-12(10-14(13)22-6-2)15-16(19-20-18-15)17(21)23-7-3/h8-11H,5-7H2,1-4H3,(H,18,19,20). The molecule has 2 aromatic rings. The van der Waals surface area contributed by atoms with E-state index in [4.69, 9.17) is 14.2 Å². The Morgan fingerprint density at radius 1 is 1.17 bits per heavy atom. The van der Waals surface area contributed by atoms with Gasteiger partial charge >= 0.3 is 5.97 Å². The third-order valence-electron chi connectivity index (χ3n) is 3.44. The van der Waals surface area contributed by atoms with E-state index in [1.165, 1.54) is 0 Å². The van der Waals surface area contributed by atoms with Gasteiger partial charge in [-0.05, 0) is 45.4 Å². The third kappa shape index (κ3) is 4.04. The summed E-state index contributed by atoms with van der Waals surface area (Å²) >= 11 is 0. The van der Waals surface area contributed by atoms with Gasteiger partial charge in [0.05, 0.1) is 19.3 Å². The van der Waals surface area contributed by atoms with Gasteiger partial charge in [0.25, 0.3) is 0 Å². The van der Waals surface area contributed by atoms with Crippen LogP contribution in [-0.2, 0) is 4.74 Å². The Balaban J connectivity index is 2.37. The Morgan fingerprint density at radius 3 is 2.62 bits per heavy atom. The quantitative estimate of drug-likeness (QED) is 0.746. The van der Waals surface area contributed by atoms with Crippen molar-refractivity contribution in [1.29, 1.82) is 0 Å². The van der Waals surface area contributed by atoms with Gasteiger partial charge in [0, 0.05) is 5.56 Å². The summed E-state index contributed by atoms with van der Waals surface area (Å²) in [5.41, 5.74) is 1.27. The summed E-state index contributed by atoms with van der Waals surface area (Å²) in [5.74, 6) is 0.753. The minimum absolute atomic E-state index is 0.0807. The number of ether oxygens (including phenoxy) is 3. The van der Waals surface area contributed by atoms with E-state index in [1.807, 2.05) is 26.0 Å². The number of esters is 1. The summed E-state index contributed by atoms with van der Waals surface area (Å²) in [6.07, 6.45) is 0.973. The van der Waals surface area contributed by atoms with E-state index in [-0.39, 0.29) is 18.4 Å². The van der Waals surface area contributed by atoms with Crippen LogP contribution in [0.15, 0.2) is 18.2 Å². The van der Waals surface area contributed by atoms with E-state index in [9.17, 15) is 4.79 Å². The van der Waals surface area contributed by atoms with E-state index in [2.05, 4.69) is 22.3 Å². The average molecular weight is 333 g/mol. The molecule has 7 nitrogen and oxygen atoms in total. The van der Waals surface area contributed by atoms with Gasteiger partial charge in [-0.3, -0.25) is 0 Å². The zero-order valence-electron chi connectivity index (χ0n) is 14.5. The normalized spacial score (nSPS) is 11.8. The summed E-state index contributed by atoms with van der Waals surface area (Å²) in [5, 5.41) is 10.4. The third-order valence-corrected chi connectivity index (χ3v) is 3.44. The number of aromatic nitrogens is 3. The molecule has 0 amide bonds. The van der Waals surface area contributed by atoms with Gasteiger partial charge in [-0.15, -0.1) is 5.10 Å². The fourth-order valence-electron chi connectivity index (χ4n) is 2.10. The van der Waals surface area contributed by atoms with Crippen molar-refractivity contribution in [1.82, 2.24) is 15.4 Å². The lowest BCUT2D eigenvalue weighted by Crippen LogP contribution is -2.11. The van der Waals surface area contributed by atoms with Crippen LogP contribution in [0, 0.1) is 0 Å². The van der Waals surface area contributed by atoms with Gasteiger partial charge in [0.1, 0.15) is 5.69 Å². The van der Waals surface area contributed by atoms with Crippen LogP contribution in [0.2, 0.25) is 0 Å². The molecule has 7 heteroatoms. The number of hydrogen-bond acceptors (Lipinski definition) is 6. The molecule has 0 aliphatic carbocycles. The highest BCUT2D eigenvalue weighted by atomic mass is 16.5. The molecule has 0 fully saturated rings. The zero-order valence-corrected chi connectivity index (χ0v) is 14.5. The van der Waals surface area contributed by atoms with E-state index in [1.54, 1.807) is 13.0 Å². The Hall–Kier alpha value is -2.57. The van der Waals surface area contributed by atoms with Crippen LogP contribution >= 0.6 is 0 Å². The lowest BCUT2D eigenvalue weighted by Gasteiger charge is -2.16. The van der Waals surface area contributed by atoms with Crippen LogP contribution in [0.4, 0.5) is 0 Å². The zero-order chi connectivity index (χ0) is 17.5. The Labute approximate surface area is 141 Å². The molecule has 1 unspecified atom stereocenters. The molecule has 0 radical (unpaired) electrons. The first kappa shape index (κ1) is 17.8.